The van der Waals surface area contributed by atoms with Gasteiger partial charge in [-0.05, 0) is 29.8 Å². The Morgan fingerprint density at radius 1 is 0.889 bits per heavy atom. The summed E-state index contributed by atoms with van der Waals surface area (Å²) in [6.07, 6.45) is 0.270. The first-order chi connectivity index (χ1) is 8.74. The summed E-state index contributed by atoms with van der Waals surface area (Å²) in [5.41, 5.74) is 7.95. The molecule has 2 rings (SSSR count). The van der Waals surface area contributed by atoms with Crippen molar-refractivity contribution in [2.75, 3.05) is 0 Å². The van der Waals surface area contributed by atoms with E-state index >= 15 is 0 Å². The van der Waals surface area contributed by atoms with E-state index in [1.165, 1.54) is 0 Å². The Hall–Kier alpha value is -2.53. The quantitative estimate of drug-likeness (QED) is 0.796. The van der Waals surface area contributed by atoms with Crippen molar-refractivity contribution < 1.29 is 4.79 Å². The predicted molar refractivity (Wildman–Crippen MR) is 71.8 cm³/mol. The van der Waals surface area contributed by atoms with Crippen molar-refractivity contribution in [2.45, 2.75) is 6.42 Å². The van der Waals surface area contributed by atoms with Gasteiger partial charge in [-0.2, -0.15) is 0 Å². The first kappa shape index (κ1) is 11.9. The largest absolute Gasteiger partial charge is 0.369 e. The molecule has 0 atom stereocenters. The lowest BCUT2D eigenvalue weighted by atomic mass is 10.1. The van der Waals surface area contributed by atoms with Crippen molar-refractivity contribution in [1.82, 2.24) is 0 Å². The van der Waals surface area contributed by atoms with Crippen molar-refractivity contribution in [3.8, 4) is 11.8 Å². The van der Waals surface area contributed by atoms with Crippen LogP contribution in [0.5, 0.6) is 0 Å². The van der Waals surface area contributed by atoms with Crippen LogP contribution in [0, 0.1) is 11.8 Å². The fraction of sp³-hybridized carbons (Fsp3) is 0.0625. The summed E-state index contributed by atoms with van der Waals surface area (Å²) in [6, 6.07) is 17.4. The molecule has 0 spiro atoms. The zero-order valence-electron chi connectivity index (χ0n) is 9.89. The molecule has 0 aliphatic carbocycles. The van der Waals surface area contributed by atoms with Crippen molar-refractivity contribution in [1.29, 1.82) is 0 Å². The van der Waals surface area contributed by atoms with E-state index in [0.717, 1.165) is 16.7 Å². The van der Waals surface area contributed by atoms with E-state index in [4.69, 9.17) is 5.73 Å². The van der Waals surface area contributed by atoms with Gasteiger partial charge in [0.1, 0.15) is 0 Å². The van der Waals surface area contributed by atoms with E-state index in [1.54, 1.807) is 0 Å². The van der Waals surface area contributed by atoms with Gasteiger partial charge >= 0.3 is 0 Å². The lowest BCUT2D eigenvalue weighted by Gasteiger charge is -1.97. The highest BCUT2D eigenvalue weighted by molar-refractivity contribution is 5.76. The molecule has 2 N–H and O–H groups in total. The Kier molecular flexibility index (Phi) is 3.78. The number of hydrogen-bond acceptors (Lipinski definition) is 1. The van der Waals surface area contributed by atoms with Crippen molar-refractivity contribution in [3.05, 3.63) is 71.3 Å². The molecule has 1 amide bonds. The average molecular weight is 235 g/mol. The Labute approximate surface area is 106 Å². The number of amides is 1. The zero-order valence-corrected chi connectivity index (χ0v) is 9.89. The molecule has 18 heavy (non-hydrogen) atoms. The summed E-state index contributed by atoms with van der Waals surface area (Å²) in [7, 11) is 0. The van der Waals surface area contributed by atoms with Gasteiger partial charge in [-0.15, -0.1) is 0 Å². The van der Waals surface area contributed by atoms with Gasteiger partial charge in [0, 0.05) is 11.1 Å². The molecule has 2 heteroatoms. The normalized spacial score (nSPS) is 9.33. The molecule has 0 radical (unpaired) electrons. The maximum absolute atomic E-state index is 10.8. The van der Waals surface area contributed by atoms with Gasteiger partial charge in [-0.25, -0.2) is 0 Å². The Morgan fingerprint density at radius 3 is 2.00 bits per heavy atom. The van der Waals surface area contributed by atoms with Crippen LogP contribution in [0.15, 0.2) is 54.6 Å². The minimum Gasteiger partial charge on any atom is -0.369 e. The van der Waals surface area contributed by atoms with Crippen molar-refractivity contribution in [3.63, 3.8) is 0 Å². The second-order valence-electron chi connectivity index (χ2n) is 3.96. The molecule has 2 aromatic carbocycles. The fourth-order valence-electron chi connectivity index (χ4n) is 1.57. The minimum absolute atomic E-state index is 0.270. The molecule has 88 valence electrons. The van der Waals surface area contributed by atoms with Gasteiger partial charge in [0.2, 0.25) is 5.91 Å². The minimum atomic E-state index is -0.321. The van der Waals surface area contributed by atoms with Crippen molar-refractivity contribution in [2.24, 2.45) is 5.73 Å². The third-order valence-corrected chi connectivity index (χ3v) is 2.46. The van der Waals surface area contributed by atoms with Gasteiger partial charge in [-0.1, -0.05) is 42.2 Å². The van der Waals surface area contributed by atoms with Crippen LogP contribution in [0.4, 0.5) is 0 Å². The molecular weight excluding hydrogens is 222 g/mol. The summed E-state index contributed by atoms with van der Waals surface area (Å²) in [5, 5.41) is 0. The Bertz CT molecular complexity index is 588. The van der Waals surface area contributed by atoms with Crippen LogP contribution in [0.2, 0.25) is 0 Å². The molecule has 0 aliphatic heterocycles. The van der Waals surface area contributed by atoms with E-state index < -0.39 is 0 Å². The highest BCUT2D eigenvalue weighted by atomic mass is 16.1. The topological polar surface area (TPSA) is 43.1 Å². The zero-order chi connectivity index (χ0) is 12.8. The third-order valence-electron chi connectivity index (χ3n) is 2.46. The van der Waals surface area contributed by atoms with Crippen LogP contribution in [-0.2, 0) is 11.2 Å². The number of carbonyl (C=O) groups excluding carboxylic acids is 1. The number of nitrogens with two attached hydrogens (primary N) is 1. The average Bonchev–Trinajstić information content (AvgIpc) is 2.38. The molecule has 0 aliphatic rings. The Morgan fingerprint density at radius 2 is 1.44 bits per heavy atom. The molecule has 0 fully saturated rings. The molecule has 0 aromatic heterocycles. The molecular formula is C16H13NO. The maximum Gasteiger partial charge on any atom is 0.221 e. The van der Waals surface area contributed by atoms with E-state index in [1.807, 2.05) is 54.6 Å². The van der Waals surface area contributed by atoms with Gasteiger partial charge in [0.25, 0.3) is 0 Å². The summed E-state index contributed by atoms with van der Waals surface area (Å²) in [4.78, 5) is 10.8. The highest BCUT2D eigenvalue weighted by Crippen LogP contribution is 2.04. The van der Waals surface area contributed by atoms with Crippen LogP contribution in [0.3, 0.4) is 0 Å². The van der Waals surface area contributed by atoms with Crippen molar-refractivity contribution >= 4 is 5.91 Å². The third kappa shape index (κ3) is 3.50. The number of carbonyl (C=O) groups is 1. The standard InChI is InChI=1S/C16H13NO/c17-16(18)12-15-10-8-14(9-11-15)7-6-13-4-2-1-3-5-13/h1-5,8-11H,12H2,(H2,17,18). The summed E-state index contributed by atoms with van der Waals surface area (Å²) in [6.45, 7) is 0. The van der Waals surface area contributed by atoms with E-state index in [2.05, 4.69) is 11.8 Å². The summed E-state index contributed by atoms with van der Waals surface area (Å²) in [5.74, 6) is 5.83. The molecule has 0 heterocycles. The van der Waals surface area contributed by atoms with Crippen LogP contribution in [-0.4, -0.2) is 5.91 Å². The summed E-state index contributed by atoms with van der Waals surface area (Å²) >= 11 is 0. The Balaban J connectivity index is 2.12. The number of rotatable bonds is 2. The first-order valence-electron chi connectivity index (χ1n) is 5.68. The SMILES string of the molecule is NC(=O)Cc1ccc(C#Cc2ccccc2)cc1. The predicted octanol–water partition coefficient (Wildman–Crippen LogP) is 2.11. The molecule has 0 unspecified atom stereocenters. The maximum atomic E-state index is 10.8. The molecule has 2 aromatic rings. The van der Waals surface area contributed by atoms with Gasteiger partial charge < -0.3 is 5.73 Å². The fourth-order valence-corrected chi connectivity index (χ4v) is 1.57. The smallest absolute Gasteiger partial charge is 0.221 e. The molecule has 0 saturated heterocycles. The van der Waals surface area contributed by atoms with Crippen LogP contribution >= 0.6 is 0 Å². The van der Waals surface area contributed by atoms with Crippen LogP contribution in [0.1, 0.15) is 16.7 Å². The lowest BCUT2D eigenvalue weighted by molar-refractivity contribution is -0.117. The molecule has 0 saturated carbocycles. The monoisotopic (exact) mass is 235 g/mol. The van der Waals surface area contributed by atoms with Crippen LogP contribution < -0.4 is 5.73 Å². The van der Waals surface area contributed by atoms with Gasteiger partial charge in [-0.3, -0.25) is 4.79 Å². The van der Waals surface area contributed by atoms with Crippen LogP contribution in [0.25, 0.3) is 0 Å². The highest BCUT2D eigenvalue weighted by Gasteiger charge is 1.97. The van der Waals surface area contributed by atoms with Gasteiger partial charge in [0.15, 0.2) is 0 Å². The van der Waals surface area contributed by atoms with E-state index in [-0.39, 0.29) is 12.3 Å². The first-order valence-corrected chi connectivity index (χ1v) is 5.68. The lowest BCUT2D eigenvalue weighted by Crippen LogP contribution is -2.13. The number of primary amides is 1. The summed E-state index contributed by atoms with van der Waals surface area (Å²) < 4.78 is 0. The number of benzene rings is 2. The van der Waals surface area contributed by atoms with Gasteiger partial charge in [0.05, 0.1) is 6.42 Å². The number of hydrogen-bond donors (Lipinski definition) is 1. The molecule has 0 bridgehead atoms. The second kappa shape index (κ2) is 5.70. The molecule has 2 nitrogen and oxygen atoms in total. The van der Waals surface area contributed by atoms with E-state index in [9.17, 15) is 4.79 Å². The van der Waals surface area contributed by atoms with E-state index in [0.29, 0.717) is 0 Å². The second-order valence-corrected chi connectivity index (χ2v) is 3.96.